The zero-order chi connectivity index (χ0) is 19.8. The maximum atomic E-state index is 13.9. The molecule has 162 valence electrons. The van der Waals surface area contributed by atoms with Crippen molar-refractivity contribution in [1.82, 2.24) is 15.1 Å². The molecule has 0 radical (unpaired) electrons. The van der Waals surface area contributed by atoms with Crippen LogP contribution in [-0.2, 0) is 11.3 Å². The van der Waals surface area contributed by atoms with E-state index >= 15 is 0 Å². The molecule has 0 unspecified atom stereocenters. The number of aliphatic imine (C=N–C) groups is 1. The van der Waals surface area contributed by atoms with Crippen LogP contribution in [0.15, 0.2) is 34.8 Å². The molecule has 1 aromatic carbocycles. The Morgan fingerprint density at radius 1 is 1.28 bits per heavy atom. The Balaban J connectivity index is 0.00000300. The molecule has 2 heterocycles. The number of halogens is 2. The van der Waals surface area contributed by atoms with Crippen LogP contribution in [0, 0.1) is 5.82 Å². The van der Waals surface area contributed by atoms with Gasteiger partial charge in [0.2, 0.25) is 0 Å². The van der Waals surface area contributed by atoms with Crippen molar-refractivity contribution >= 4 is 29.9 Å². The topological polar surface area (TPSA) is 49.3 Å². The van der Waals surface area contributed by atoms with E-state index < -0.39 is 0 Å². The quantitative estimate of drug-likeness (QED) is 0.272. The van der Waals surface area contributed by atoms with E-state index in [-0.39, 0.29) is 29.8 Å². The van der Waals surface area contributed by atoms with Gasteiger partial charge in [-0.2, -0.15) is 0 Å². The van der Waals surface area contributed by atoms with Crippen LogP contribution in [0.2, 0.25) is 0 Å². The fourth-order valence-electron chi connectivity index (χ4n) is 3.64. The molecule has 0 aromatic heterocycles. The molecule has 29 heavy (non-hydrogen) atoms. The lowest BCUT2D eigenvalue weighted by molar-refractivity contribution is 0.153. The summed E-state index contributed by atoms with van der Waals surface area (Å²) in [7, 11) is 3.32. The molecule has 1 N–H and O–H groups in total. The lowest BCUT2D eigenvalue weighted by atomic mass is 10.1. The second kappa shape index (κ2) is 12.3. The van der Waals surface area contributed by atoms with Gasteiger partial charge in [0.15, 0.2) is 17.5 Å². The Bertz CT molecular complexity index is 706. The van der Waals surface area contributed by atoms with Gasteiger partial charge in [-0.3, -0.25) is 9.89 Å². The second-order valence-corrected chi connectivity index (χ2v) is 7.14. The van der Waals surface area contributed by atoms with E-state index in [1.54, 1.807) is 12.1 Å². The van der Waals surface area contributed by atoms with Crippen molar-refractivity contribution in [2.75, 3.05) is 60.1 Å². The number of methoxy groups -OCH3 is 1. The van der Waals surface area contributed by atoms with Crippen LogP contribution in [0.4, 0.5) is 4.39 Å². The van der Waals surface area contributed by atoms with Gasteiger partial charge >= 0.3 is 0 Å². The van der Waals surface area contributed by atoms with Crippen LogP contribution >= 0.6 is 24.0 Å². The second-order valence-electron chi connectivity index (χ2n) is 7.14. The minimum Gasteiger partial charge on any atom is -0.494 e. The molecule has 0 aliphatic carbocycles. The van der Waals surface area contributed by atoms with E-state index in [4.69, 9.17) is 9.47 Å². The maximum absolute atomic E-state index is 13.9. The molecular weight excluding hydrogens is 486 g/mol. The van der Waals surface area contributed by atoms with Gasteiger partial charge in [0, 0.05) is 46.3 Å². The molecule has 1 fully saturated rings. The van der Waals surface area contributed by atoms with E-state index in [0.29, 0.717) is 5.75 Å². The lowest BCUT2D eigenvalue weighted by Crippen LogP contribution is -2.52. The van der Waals surface area contributed by atoms with E-state index in [9.17, 15) is 4.39 Å². The summed E-state index contributed by atoms with van der Waals surface area (Å²) < 4.78 is 24.2. The number of ether oxygens (including phenoxy) is 2. The summed E-state index contributed by atoms with van der Waals surface area (Å²) in [6.07, 6.45) is 4.25. The highest BCUT2D eigenvalue weighted by Gasteiger charge is 2.20. The van der Waals surface area contributed by atoms with E-state index in [1.807, 2.05) is 13.1 Å². The molecule has 2 aliphatic heterocycles. The fourth-order valence-corrected chi connectivity index (χ4v) is 3.64. The van der Waals surface area contributed by atoms with Crippen LogP contribution in [-0.4, -0.2) is 75.9 Å². The van der Waals surface area contributed by atoms with Crippen LogP contribution in [0.25, 0.3) is 0 Å². The first-order valence-corrected chi connectivity index (χ1v) is 9.95. The molecule has 3 rings (SSSR count). The normalized spacial score (nSPS) is 18.1. The van der Waals surface area contributed by atoms with Gasteiger partial charge in [-0.1, -0.05) is 17.7 Å². The third kappa shape index (κ3) is 7.11. The van der Waals surface area contributed by atoms with Crippen molar-refractivity contribution in [2.45, 2.75) is 19.4 Å². The number of nitrogens with zero attached hydrogens (tertiary/aromatic N) is 3. The van der Waals surface area contributed by atoms with E-state index in [1.165, 1.54) is 12.7 Å². The molecular formula is C21H32FIN4O2. The minimum atomic E-state index is -0.303. The van der Waals surface area contributed by atoms with Gasteiger partial charge in [0.25, 0.3) is 0 Å². The van der Waals surface area contributed by atoms with Gasteiger partial charge in [0.05, 0.1) is 20.3 Å². The number of rotatable bonds is 6. The third-order valence-electron chi connectivity index (χ3n) is 5.29. The van der Waals surface area contributed by atoms with Crippen molar-refractivity contribution in [3.05, 3.63) is 41.2 Å². The molecule has 0 bridgehead atoms. The summed E-state index contributed by atoms with van der Waals surface area (Å²) in [5.41, 5.74) is 2.43. The minimum absolute atomic E-state index is 0. The first-order valence-electron chi connectivity index (χ1n) is 9.95. The first-order chi connectivity index (χ1) is 13.7. The Hall–Kier alpha value is -1.39. The molecule has 0 atom stereocenters. The number of nitrogens with one attached hydrogen (secondary N) is 1. The summed E-state index contributed by atoms with van der Waals surface area (Å²) in [5.74, 6) is 0.950. The van der Waals surface area contributed by atoms with Crippen molar-refractivity contribution in [3.8, 4) is 5.75 Å². The Morgan fingerprint density at radius 2 is 2.07 bits per heavy atom. The SMILES string of the molecule is CN=C(NCCC1=CCOCC1)N1CCN(Cc2ccc(OC)c(F)c2)CC1.I. The summed E-state index contributed by atoms with van der Waals surface area (Å²) in [4.78, 5) is 9.08. The molecule has 6 nitrogen and oxygen atoms in total. The highest BCUT2D eigenvalue weighted by molar-refractivity contribution is 14.0. The average molecular weight is 518 g/mol. The molecule has 0 amide bonds. The summed E-state index contributed by atoms with van der Waals surface area (Å²) >= 11 is 0. The Kier molecular flexibility index (Phi) is 10.2. The van der Waals surface area contributed by atoms with Gasteiger partial charge < -0.3 is 19.7 Å². The van der Waals surface area contributed by atoms with Gasteiger partial charge in [-0.25, -0.2) is 4.39 Å². The highest BCUT2D eigenvalue weighted by atomic mass is 127. The summed E-state index contributed by atoms with van der Waals surface area (Å²) in [6.45, 7) is 6.89. The van der Waals surface area contributed by atoms with Crippen molar-refractivity contribution < 1.29 is 13.9 Å². The highest BCUT2D eigenvalue weighted by Crippen LogP contribution is 2.19. The lowest BCUT2D eigenvalue weighted by Gasteiger charge is -2.36. The van der Waals surface area contributed by atoms with Gasteiger partial charge in [-0.05, 0) is 30.5 Å². The standard InChI is InChI=1S/C21H31FN4O2.HI/c1-23-21(24-8-5-17-6-13-28-14-7-17)26-11-9-25(10-12-26)16-18-3-4-20(27-2)19(22)15-18;/h3-4,6,15H,5,7-14,16H2,1-2H3,(H,23,24);1H. The first kappa shape index (κ1) is 23.9. The zero-order valence-corrected chi connectivity index (χ0v) is 19.7. The predicted molar refractivity (Wildman–Crippen MR) is 125 cm³/mol. The number of hydrogen-bond acceptors (Lipinski definition) is 4. The largest absolute Gasteiger partial charge is 0.494 e. The molecule has 2 aliphatic rings. The molecule has 1 saturated heterocycles. The van der Waals surface area contributed by atoms with E-state index in [2.05, 4.69) is 26.2 Å². The Labute approximate surface area is 190 Å². The number of piperazine rings is 1. The number of guanidine groups is 1. The number of hydrogen-bond donors (Lipinski definition) is 1. The molecule has 0 spiro atoms. The zero-order valence-electron chi connectivity index (χ0n) is 17.3. The number of benzene rings is 1. The van der Waals surface area contributed by atoms with Gasteiger partial charge in [0.1, 0.15) is 0 Å². The van der Waals surface area contributed by atoms with E-state index in [0.717, 1.165) is 76.8 Å². The van der Waals surface area contributed by atoms with Crippen molar-refractivity contribution in [3.63, 3.8) is 0 Å². The van der Waals surface area contributed by atoms with Crippen LogP contribution < -0.4 is 10.1 Å². The summed E-state index contributed by atoms with van der Waals surface area (Å²) in [6, 6.07) is 5.19. The third-order valence-corrected chi connectivity index (χ3v) is 5.29. The van der Waals surface area contributed by atoms with Crippen LogP contribution in [0.5, 0.6) is 5.75 Å². The van der Waals surface area contributed by atoms with Gasteiger partial charge in [-0.15, -0.1) is 24.0 Å². The predicted octanol–water partition coefficient (Wildman–Crippen LogP) is 2.88. The average Bonchev–Trinajstić information content (AvgIpc) is 2.73. The molecule has 0 saturated carbocycles. The van der Waals surface area contributed by atoms with Crippen molar-refractivity contribution in [2.24, 2.45) is 4.99 Å². The fraction of sp³-hybridized carbons (Fsp3) is 0.571. The van der Waals surface area contributed by atoms with Crippen LogP contribution in [0.3, 0.4) is 0 Å². The van der Waals surface area contributed by atoms with Crippen LogP contribution in [0.1, 0.15) is 18.4 Å². The maximum Gasteiger partial charge on any atom is 0.193 e. The summed E-state index contributed by atoms with van der Waals surface area (Å²) in [5, 5.41) is 3.48. The molecule has 8 heteroatoms. The van der Waals surface area contributed by atoms with Crippen molar-refractivity contribution in [1.29, 1.82) is 0 Å². The monoisotopic (exact) mass is 518 g/mol. The smallest absolute Gasteiger partial charge is 0.193 e. The Morgan fingerprint density at radius 3 is 2.69 bits per heavy atom. The molecule has 1 aromatic rings.